The van der Waals surface area contributed by atoms with Crippen LogP contribution >= 0.6 is 27.7 Å². The highest BCUT2D eigenvalue weighted by Gasteiger charge is 2.34. The summed E-state index contributed by atoms with van der Waals surface area (Å²) in [7, 11) is 0. The third-order valence-electron chi connectivity index (χ3n) is 4.84. The molecule has 0 aromatic heterocycles. The van der Waals surface area contributed by atoms with Gasteiger partial charge in [0.1, 0.15) is 12.4 Å². The van der Waals surface area contributed by atoms with E-state index in [-0.39, 0.29) is 11.1 Å². The molecular formula is C24H20BrNO3S. The SMILES string of the molecule is CCCN1C(=O)S/C(=C/c2ccc(OCc3cccc4ccccc34)c(Br)c2)C1=O. The van der Waals surface area contributed by atoms with Crippen molar-refractivity contribution >= 4 is 55.7 Å². The molecule has 0 N–H and O–H groups in total. The molecule has 0 saturated carbocycles. The normalized spacial score (nSPS) is 15.4. The number of rotatable bonds is 6. The van der Waals surface area contributed by atoms with Crippen LogP contribution in [-0.4, -0.2) is 22.6 Å². The van der Waals surface area contributed by atoms with Crippen molar-refractivity contribution in [3.63, 3.8) is 0 Å². The van der Waals surface area contributed by atoms with Crippen molar-refractivity contribution < 1.29 is 14.3 Å². The number of carbonyl (C=O) groups excluding carboxylic acids is 2. The van der Waals surface area contributed by atoms with Crippen LogP contribution in [0.25, 0.3) is 16.8 Å². The number of carbonyl (C=O) groups is 2. The van der Waals surface area contributed by atoms with Gasteiger partial charge in [-0.15, -0.1) is 0 Å². The molecule has 1 aliphatic heterocycles. The van der Waals surface area contributed by atoms with E-state index in [0.29, 0.717) is 18.1 Å². The van der Waals surface area contributed by atoms with Gasteiger partial charge >= 0.3 is 0 Å². The highest BCUT2D eigenvalue weighted by Crippen LogP contribution is 2.34. The molecule has 0 bridgehead atoms. The first kappa shape index (κ1) is 20.7. The summed E-state index contributed by atoms with van der Waals surface area (Å²) in [5, 5.41) is 2.16. The first-order valence-electron chi connectivity index (χ1n) is 9.71. The maximum Gasteiger partial charge on any atom is 0.293 e. The maximum absolute atomic E-state index is 12.4. The van der Waals surface area contributed by atoms with Gasteiger partial charge in [-0.3, -0.25) is 14.5 Å². The summed E-state index contributed by atoms with van der Waals surface area (Å²) >= 11 is 4.55. The van der Waals surface area contributed by atoms with Gasteiger partial charge in [0, 0.05) is 6.54 Å². The summed E-state index contributed by atoms with van der Waals surface area (Å²) in [6.45, 7) is 2.85. The summed E-state index contributed by atoms with van der Waals surface area (Å²) in [5.74, 6) is 0.499. The Labute approximate surface area is 188 Å². The fourth-order valence-electron chi connectivity index (χ4n) is 3.37. The number of ether oxygens (including phenoxy) is 1. The van der Waals surface area contributed by atoms with Gasteiger partial charge in [0.15, 0.2) is 0 Å². The van der Waals surface area contributed by atoms with Crippen LogP contribution in [0.15, 0.2) is 70.0 Å². The minimum absolute atomic E-state index is 0.206. The summed E-state index contributed by atoms with van der Waals surface area (Å²) in [6, 6.07) is 20.1. The summed E-state index contributed by atoms with van der Waals surface area (Å²) < 4.78 is 6.84. The monoisotopic (exact) mass is 481 g/mol. The number of imide groups is 1. The largest absolute Gasteiger partial charge is 0.488 e. The highest BCUT2D eigenvalue weighted by molar-refractivity contribution is 9.10. The highest BCUT2D eigenvalue weighted by atomic mass is 79.9. The second kappa shape index (κ2) is 9.06. The lowest BCUT2D eigenvalue weighted by atomic mass is 10.1. The van der Waals surface area contributed by atoms with E-state index >= 15 is 0 Å². The zero-order valence-electron chi connectivity index (χ0n) is 16.4. The predicted octanol–water partition coefficient (Wildman–Crippen LogP) is 6.63. The van der Waals surface area contributed by atoms with Crippen LogP contribution in [0.2, 0.25) is 0 Å². The zero-order chi connectivity index (χ0) is 21.1. The van der Waals surface area contributed by atoms with Crippen LogP contribution in [-0.2, 0) is 11.4 Å². The number of halogens is 1. The molecule has 1 heterocycles. The molecule has 4 nitrogen and oxygen atoms in total. The molecule has 1 aliphatic rings. The van der Waals surface area contributed by atoms with E-state index in [2.05, 4.69) is 40.2 Å². The Morgan fingerprint density at radius 2 is 1.87 bits per heavy atom. The third kappa shape index (κ3) is 4.30. The van der Waals surface area contributed by atoms with Gasteiger partial charge in [0.25, 0.3) is 11.1 Å². The van der Waals surface area contributed by atoms with Crippen LogP contribution in [0.3, 0.4) is 0 Å². The van der Waals surface area contributed by atoms with E-state index in [1.54, 1.807) is 6.08 Å². The lowest BCUT2D eigenvalue weighted by Crippen LogP contribution is -2.28. The average Bonchev–Trinajstić information content (AvgIpc) is 3.01. The van der Waals surface area contributed by atoms with Gasteiger partial charge in [-0.1, -0.05) is 55.5 Å². The van der Waals surface area contributed by atoms with E-state index < -0.39 is 0 Å². The molecule has 3 aromatic rings. The predicted molar refractivity (Wildman–Crippen MR) is 125 cm³/mol. The summed E-state index contributed by atoms with van der Waals surface area (Å²) in [5.41, 5.74) is 1.95. The van der Waals surface area contributed by atoms with Crippen LogP contribution in [0, 0.1) is 0 Å². The maximum atomic E-state index is 12.4. The Morgan fingerprint density at radius 3 is 2.67 bits per heavy atom. The molecule has 3 aromatic carbocycles. The molecule has 0 spiro atoms. The van der Waals surface area contributed by atoms with Gasteiger partial charge in [0.2, 0.25) is 0 Å². The molecule has 2 amide bonds. The third-order valence-corrected chi connectivity index (χ3v) is 6.36. The molecule has 0 unspecified atom stereocenters. The smallest absolute Gasteiger partial charge is 0.293 e. The number of amides is 2. The average molecular weight is 482 g/mol. The molecule has 1 fully saturated rings. The Morgan fingerprint density at radius 1 is 1.07 bits per heavy atom. The Hall–Kier alpha value is -2.57. The van der Waals surface area contributed by atoms with Gasteiger partial charge in [-0.05, 0) is 74.2 Å². The Balaban J connectivity index is 1.50. The minimum Gasteiger partial charge on any atom is -0.488 e. The van der Waals surface area contributed by atoms with Crippen molar-refractivity contribution in [3.8, 4) is 5.75 Å². The lowest BCUT2D eigenvalue weighted by Gasteiger charge is -2.11. The lowest BCUT2D eigenvalue weighted by molar-refractivity contribution is -0.122. The van der Waals surface area contributed by atoms with E-state index in [9.17, 15) is 9.59 Å². The second-order valence-electron chi connectivity index (χ2n) is 6.95. The fraction of sp³-hybridized carbons (Fsp3) is 0.167. The van der Waals surface area contributed by atoms with Gasteiger partial charge < -0.3 is 4.74 Å². The number of hydrogen-bond donors (Lipinski definition) is 0. The van der Waals surface area contributed by atoms with Crippen molar-refractivity contribution in [2.45, 2.75) is 20.0 Å². The fourth-order valence-corrected chi connectivity index (χ4v) is 4.74. The first-order chi connectivity index (χ1) is 14.6. The molecule has 30 heavy (non-hydrogen) atoms. The van der Waals surface area contributed by atoms with Crippen LogP contribution in [0.4, 0.5) is 4.79 Å². The van der Waals surface area contributed by atoms with E-state index in [1.807, 2.05) is 43.3 Å². The number of fused-ring (bicyclic) bond motifs is 1. The van der Waals surface area contributed by atoms with E-state index in [4.69, 9.17) is 4.74 Å². The zero-order valence-corrected chi connectivity index (χ0v) is 18.8. The van der Waals surface area contributed by atoms with Crippen LogP contribution in [0.1, 0.15) is 24.5 Å². The summed E-state index contributed by atoms with van der Waals surface area (Å²) in [4.78, 5) is 26.2. The first-order valence-corrected chi connectivity index (χ1v) is 11.3. The number of benzene rings is 3. The molecule has 152 valence electrons. The van der Waals surface area contributed by atoms with Crippen LogP contribution in [0.5, 0.6) is 5.75 Å². The Bertz CT molecular complexity index is 1150. The van der Waals surface area contributed by atoms with Crippen molar-refractivity contribution in [2.24, 2.45) is 0 Å². The molecule has 6 heteroatoms. The molecule has 0 aliphatic carbocycles. The van der Waals surface area contributed by atoms with E-state index in [1.165, 1.54) is 15.7 Å². The topological polar surface area (TPSA) is 46.6 Å². The van der Waals surface area contributed by atoms with Gasteiger partial charge in [-0.25, -0.2) is 0 Å². The van der Waals surface area contributed by atoms with Crippen molar-refractivity contribution in [2.75, 3.05) is 6.54 Å². The molecule has 0 radical (unpaired) electrons. The molecule has 0 atom stereocenters. The van der Waals surface area contributed by atoms with Crippen molar-refractivity contribution in [1.82, 2.24) is 4.90 Å². The van der Waals surface area contributed by atoms with Gasteiger partial charge in [0.05, 0.1) is 9.38 Å². The number of thioether (sulfide) groups is 1. The van der Waals surface area contributed by atoms with Gasteiger partial charge in [-0.2, -0.15) is 0 Å². The standard InChI is InChI=1S/C24H20BrNO3S/c1-2-12-26-23(27)22(30-24(26)28)14-16-10-11-21(20(25)13-16)29-15-18-8-5-7-17-6-3-4-9-19(17)18/h3-11,13-14H,2,12,15H2,1H3/b22-14+. The van der Waals surface area contributed by atoms with Crippen LogP contribution < -0.4 is 4.74 Å². The van der Waals surface area contributed by atoms with Crippen molar-refractivity contribution in [3.05, 3.63) is 81.2 Å². The van der Waals surface area contributed by atoms with E-state index in [0.717, 1.165) is 39.5 Å². The molecular weight excluding hydrogens is 462 g/mol. The Kier molecular flexibility index (Phi) is 6.25. The molecule has 4 rings (SSSR count). The molecule has 1 saturated heterocycles. The quantitative estimate of drug-likeness (QED) is 0.370. The second-order valence-corrected chi connectivity index (χ2v) is 8.80. The van der Waals surface area contributed by atoms with Crippen molar-refractivity contribution in [1.29, 1.82) is 0 Å². The number of nitrogens with zero attached hydrogens (tertiary/aromatic N) is 1. The summed E-state index contributed by atoms with van der Waals surface area (Å²) in [6.07, 6.45) is 2.50. The number of hydrogen-bond acceptors (Lipinski definition) is 4. The minimum atomic E-state index is -0.223.